The van der Waals surface area contributed by atoms with E-state index in [2.05, 4.69) is 15.5 Å². The molecule has 0 saturated carbocycles. The van der Waals surface area contributed by atoms with E-state index in [1.54, 1.807) is 35.4 Å². The van der Waals surface area contributed by atoms with Gasteiger partial charge < -0.3 is 10.2 Å². The van der Waals surface area contributed by atoms with E-state index < -0.39 is 6.04 Å². The Morgan fingerprint density at radius 3 is 2.85 bits per heavy atom. The fourth-order valence-electron chi connectivity index (χ4n) is 3.43. The highest BCUT2D eigenvalue weighted by atomic mass is 35.5. The maximum Gasteiger partial charge on any atom is 0.254 e. The average molecular weight is 383 g/mol. The summed E-state index contributed by atoms with van der Waals surface area (Å²) in [5, 5.41) is 11.4. The zero-order chi connectivity index (χ0) is 18.8. The molecular weight excluding hydrogens is 364 g/mol. The highest BCUT2D eigenvalue weighted by Gasteiger charge is 2.34. The van der Waals surface area contributed by atoms with Gasteiger partial charge in [-0.25, -0.2) is 0 Å². The number of fused-ring (bicyclic) bond motifs is 1. The minimum Gasteiger partial charge on any atom is -0.350 e. The van der Waals surface area contributed by atoms with Gasteiger partial charge in [0.25, 0.3) is 5.91 Å². The average Bonchev–Trinajstić information content (AvgIpc) is 3.35. The number of halogens is 1. The van der Waals surface area contributed by atoms with Gasteiger partial charge in [-0.05, 0) is 42.7 Å². The van der Waals surface area contributed by atoms with Crippen molar-refractivity contribution in [3.8, 4) is 0 Å². The van der Waals surface area contributed by atoms with Crippen LogP contribution in [0.25, 0.3) is 10.9 Å². The molecule has 0 spiro atoms. The zero-order valence-electron chi connectivity index (χ0n) is 14.6. The quantitative estimate of drug-likeness (QED) is 0.727. The van der Waals surface area contributed by atoms with Gasteiger partial charge in [-0.3, -0.25) is 14.7 Å². The van der Waals surface area contributed by atoms with Crippen molar-refractivity contribution >= 4 is 34.3 Å². The Morgan fingerprint density at radius 1 is 1.22 bits per heavy atom. The molecule has 2 N–H and O–H groups in total. The Kier molecular flexibility index (Phi) is 4.81. The Balaban J connectivity index is 1.45. The van der Waals surface area contributed by atoms with Crippen molar-refractivity contribution in [2.75, 3.05) is 6.54 Å². The molecular formula is C20H19ClN4O2. The van der Waals surface area contributed by atoms with Crippen LogP contribution in [0.4, 0.5) is 0 Å². The second kappa shape index (κ2) is 7.40. The molecule has 2 amide bonds. The number of rotatable bonds is 4. The summed E-state index contributed by atoms with van der Waals surface area (Å²) < 4.78 is 0. The van der Waals surface area contributed by atoms with Gasteiger partial charge >= 0.3 is 0 Å². The van der Waals surface area contributed by atoms with E-state index in [4.69, 9.17) is 11.6 Å². The van der Waals surface area contributed by atoms with Crippen molar-refractivity contribution in [1.29, 1.82) is 0 Å². The SMILES string of the molecule is O=C(NCc1ccc(Cl)cc1)[C@@H]1CCCN1C(=O)c1ccc2cn[nH]c2c1. The van der Waals surface area contributed by atoms with Crippen LogP contribution in [0.1, 0.15) is 28.8 Å². The fraction of sp³-hybridized carbons (Fsp3) is 0.250. The molecule has 1 aromatic heterocycles. The van der Waals surface area contributed by atoms with Gasteiger partial charge in [-0.2, -0.15) is 5.10 Å². The van der Waals surface area contributed by atoms with Crippen LogP contribution in [0.15, 0.2) is 48.7 Å². The first-order valence-corrected chi connectivity index (χ1v) is 9.26. The van der Waals surface area contributed by atoms with E-state index >= 15 is 0 Å². The Morgan fingerprint density at radius 2 is 2.04 bits per heavy atom. The molecule has 27 heavy (non-hydrogen) atoms. The lowest BCUT2D eigenvalue weighted by Crippen LogP contribution is -2.45. The van der Waals surface area contributed by atoms with Crippen LogP contribution >= 0.6 is 11.6 Å². The molecule has 2 aromatic carbocycles. The number of carbonyl (C=O) groups excluding carboxylic acids is 2. The summed E-state index contributed by atoms with van der Waals surface area (Å²) >= 11 is 5.88. The summed E-state index contributed by atoms with van der Waals surface area (Å²) in [6, 6.07) is 12.3. The first kappa shape index (κ1) is 17.5. The lowest BCUT2D eigenvalue weighted by atomic mass is 10.1. The van der Waals surface area contributed by atoms with Gasteiger partial charge in [0.05, 0.1) is 11.7 Å². The van der Waals surface area contributed by atoms with Crippen LogP contribution in [0.2, 0.25) is 5.02 Å². The van der Waals surface area contributed by atoms with Crippen LogP contribution in [0.5, 0.6) is 0 Å². The lowest BCUT2D eigenvalue weighted by Gasteiger charge is -2.24. The number of likely N-dealkylation sites (tertiary alicyclic amines) is 1. The third-order valence-electron chi connectivity index (χ3n) is 4.89. The molecule has 1 saturated heterocycles. The second-order valence-corrected chi connectivity index (χ2v) is 7.11. The molecule has 3 aromatic rings. The van der Waals surface area contributed by atoms with Crippen LogP contribution in [-0.2, 0) is 11.3 Å². The minimum absolute atomic E-state index is 0.126. The van der Waals surface area contributed by atoms with Crippen LogP contribution in [0, 0.1) is 0 Å². The number of H-pyrrole nitrogens is 1. The number of aromatic amines is 1. The molecule has 1 aliphatic heterocycles. The van der Waals surface area contributed by atoms with E-state index in [0.29, 0.717) is 30.1 Å². The van der Waals surface area contributed by atoms with Crippen molar-refractivity contribution in [1.82, 2.24) is 20.4 Å². The standard InChI is InChI=1S/C20H19ClN4O2/c21-16-7-3-13(4-8-16)11-22-19(26)18-2-1-9-25(18)20(27)14-5-6-15-12-23-24-17(15)10-14/h3-8,10,12,18H,1-2,9,11H2,(H,22,26)(H,23,24)/t18-/m0/s1. The maximum atomic E-state index is 12.9. The molecule has 2 heterocycles. The predicted molar refractivity (Wildman–Crippen MR) is 103 cm³/mol. The van der Waals surface area contributed by atoms with Gasteiger partial charge in [0, 0.05) is 29.1 Å². The number of benzene rings is 2. The largest absolute Gasteiger partial charge is 0.350 e. The molecule has 1 atom stereocenters. The summed E-state index contributed by atoms with van der Waals surface area (Å²) in [5.41, 5.74) is 2.33. The van der Waals surface area contributed by atoms with Crippen LogP contribution < -0.4 is 5.32 Å². The van der Waals surface area contributed by atoms with E-state index in [1.807, 2.05) is 18.2 Å². The van der Waals surface area contributed by atoms with Crippen LogP contribution in [-0.4, -0.2) is 39.5 Å². The summed E-state index contributed by atoms with van der Waals surface area (Å²) in [5.74, 6) is -0.255. The third kappa shape index (κ3) is 3.66. The van der Waals surface area contributed by atoms with Crippen molar-refractivity contribution < 1.29 is 9.59 Å². The zero-order valence-corrected chi connectivity index (χ0v) is 15.4. The molecule has 0 bridgehead atoms. The number of hydrogen-bond donors (Lipinski definition) is 2. The third-order valence-corrected chi connectivity index (χ3v) is 5.14. The number of nitrogens with zero attached hydrogens (tertiary/aromatic N) is 2. The number of amides is 2. The van der Waals surface area contributed by atoms with Crippen molar-refractivity contribution in [2.24, 2.45) is 0 Å². The van der Waals surface area contributed by atoms with Crippen LogP contribution in [0.3, 0.4) is 0 Å². The van der Waals surface area contributed by atoms with Gasteiger partial charge in [-0.15, -0.1) is 0 Å². The number of nitrogens with one attached hydrogen (secondary N) is 2. The molecule has 0 aliphatic carbocycles. The molecule has 6 nitrogen and oxygen atoms in total. The molecule has 1 aliphatic rings. The maximum absolute atomic E-state index is 12.9. The summed E-state index contributed by atoms with van der Waals surface area (Å²) in [4.78, 5) is 27.3. The smallest absolute Gasteiger partial charge is 0.254 e. The first-order chi connectivity index (χ1) is 13.1. The Labute approximate surface area is 161 Å². The van der Waals surface area contributed by atoms with E-state index in [9.17, 15) is 9.59 Å². The summed E-state index contributed by atoms with van der Waals surface area (Å²) in [7, 11) is 0. The highest BCUT2D eigenvalue weighted by Crippen LogP contribution is 2.22. The fourth-order valence-corrected chi connectivity index (χ4v) is 3.55. The first-order valence-electron chi connectivity index (χ1n) is 8.88. The Hall–Kier alpha value is -2.86. The van der Waals surface area contributed by atoms with E-state index in [-0.39, 0.29) is 11.8 Å². The molecule has 0 radical (unpaired) electrons. The normalized spacial score (nSPS) is 16.6. The van der Waals surface area contributed by atoms with Gasteiger partial charge in [0.15, 0.2) is 0 Å². The highest BCUT2D eigenvalue weighted by molar-refractivity contribution is 6.30. The summed E-state index contributed by atoms with van der Waals surface area (Å²) in [6.45, 7) is 0.994. The second-order valence-electron chi connectivity index (χ2n) is 6.67. The monoisotopic (exact) mass is 382 g/mol. The molecule has 0 unspecified atom stereocenters. The number of carbonyl (C=O) groups is 2. The molecule has 138 valence electrons. The van der Waals surface area contributed by atoms with Gasteiger partial charge in [0.2, 0.25) is 5.91 Å². The summed E-state index contributed by atoms with van der Waals surface area (Å²) in [6.07, 6.45) is 3.20. The lowest BCUT2D eigenvalue weighted by molar-refractivity contribution is -0.125. The molecule has 4 rings (SSSR count). The van der Waals surface area contributed by atoms with E-state index in [1.165, 1.54) is 0 Å². The number of aromatic nitrogens is 2. The van der Waals surface area contributed by atoms with E-state index in [0.717, 1.165) is 22.9 Å². The predicted octanol–water partition coefficient (Wildman–Crippen LogP) is 3.14. The topological polar surface area (TPSA) is 78.1 Å². The van der Waals surface area contributed by atoms with Crippen molar-refractivity contribution in [2.45, 2.75) is 25.4 Å². The molecule has 1 fully saturated rings. The van der Waals surface area contributed by atoms with Crippen molar-refractivity contribution in [3.63, 3.8) is 0 Å². The molecule has 7 heteroatoms. The van der Waals surface area contributed by atoms with Crippen molar-refractivity contribution in [3.05, 3.63) is 64.8 Å². The minimum atomic E-state index is -0.442. The van der Waals surface area contributed by atoms with Gasteiger partial charge in [0.1, 0.15) is 6.04 Å². The Bertz CT molecular complexity index is 983. The van der Waals surface area contributed by atoms with Gasteiger partial charge in [-0.1, -0.05) is 29.8 Å². The number of hydrogen-bond acceptors (Lipinski definition) is 3.